The Balaban J connectivity index is 2.23. The average molecular weight is 293 g/mol. The normalized spacial score (nSPS) is 11.0. The first-order valence-electron chi connectivity index (χ1n) is 6.78. The molecule has 0 saturated carbocycles. The van der Waals surface area contributed by atoms with Gasteiger partial charge in [-0.3, -0.25) is 4.79 Å². The molecule has 1 N–H and O–H groups in total. The highest BCUT2D eigenvalue weighted by atomic mass is 32.1. The minimum Gasteiger partial charge on any atom is -0.358 e. The lowest BCUT2D eigenvalue weighted by Gasteiger charge is -2.04. The lowest BCUT2D eigenvalue weighted by Crippen LogP contribution is -2.22. The van der Waals surface area contributed by atoms with Gasteiger partial charge in [0.25, 0.3) is 5.56 Å². The second-order valence-electron chi connectivity index (χ2n) is 4.84. The Morgan fingerprint density at radius 1 is 1.35 bits per heavy atom. The zero-order valence-corrected chi connectivity index (χ0v) is 12.8. The van der Waals surface area contributed by atoms with E-state index in [0.29, 0.717) is 18.3 Å². The van der Waals surface area contributed by atoms with Crippen molar-refractivity contribution in [3.05, 3.63) is 22.5 Å². The number of hydrogen-bond donors (Lipinski definition) is 1. The molecule has 7 heteroatoms. The van der Waals surface area contributed by atoms with Crippen LogP contribution in [0.3, 0.4) is 0 Å². The number of rotatable bonds is 6. The van der Waals surface area contributed by atoms with E-state index in [9.17, 15) is 4.79 Å². The van der Waals surface area contributed by atoms with Crippen LogP contribution in [0.5, 0.6) is 0 Å². The lowest BCUT2D eigenvalue weighted by molar-refractivity contribution is 0.545. The highest BCUT2D eigenvalue weighted by Crippen LogP contribution is 2.24. The number of aryl methyl sites for hydroxylation is 1. The first kappa shape index (κ1) is 14.6. The maximum Gasteiger partial charge on any atom is 0.266 e. The molecule has 0 aliphatic heterocycles. The standard InChI is InChI=1S/C13H19N5OS/c1-4-5-8-18-11(19)7-6-10(17-18)12-15-16-13(20-12)14-9(2)3/h6-7,9H,4-5,8H2,1-3H3,(H,14,16). The molecule has 0 radical (unpaired) electrons. The van der Waals surface area contributed by atoms with Crippen molar-refractivity contribution in [3.8, 4) is 10.7 Å². The van der Waals surface area contributed by atoms with Gasteiger partial charge in [0.1, 0.15) is 5.69 Å². The van der Waals surface area contributed by atoms with Crippen molar-refractivity contribution >= 4 is 16.5 Å². The highest BCUT2D eigenvalue weighted by Gasteiger charge is 2.10. The summed E-state index contributed by atoms with van der Waals surface area (Å²) < 4.78 is 1.50. The fourth-order valence-electron chi connectivity index (χ4n) is 1.66. The van der Waals surface area contributed by atoms with E-state index in [0.717, 1.165) is 23.0 Å². The fourth-order valence-corrected chi connectivity index (χ4v) is 2.52. The number of aromatic nitrogens is 4. The van der Waals surface area contributed by atoms with Crippen molar-refractivity contribution < 1.29 is 0 Å². The van der Waals surface area contributed by atoms with Gasteiger partial charge >= 0.3 is 0 Å². The highest BCUT2D eigenvalue weighted by molar-refractivity contribution is 7.18. The van der Waals surface area contributed by atoms with Gasteiger partial charge in [-0.2, -0.15) is 5.10 Å². The van der Waals surface area contributed by atoms with Gasteiger partial charge in [0.2, 0.25) is 5.13 Å². The van der Waals surface area contributed by atoms with Crippen molar-refractivity contribution in [1.82, 2.24) is 20.0 Å². The molecule has 108 valence electrons. The Labute approximate surface area is 121 Å². The molecule has 0 aliphatic rings. The topological polar surface area (TPSA) is 72.7 Å². The predicted molar refractivity (Wildman–Crippen MR) is 81.1 cm³/mol. The van der Waals surface area contributed by atoms with E-state index in [4.69, 9.17) is 0 Å². The Morgan fingerprint density at radius 2 is 2.15 bits per heavy atom. The second kappa shape index (κ2) is 6.60. The third-order valence-corrected chi connectivity index (χ3v) is 3.52. The van der Waals surface area contributed by atoms with Crippen molar-refractivity contribution in [1.29, 1.82) is 0 Å². The van der Waals surface area contributed by atoms with Crippen LogP contribution in [0.4, 0.5) is 5.13 Å². The molecule has 0 atom stereocenters. The number of anilines is 1. The molecule has 0 amide bonds. The van der Waals surface area contributed by atoms with Crippen molar-refractivity contribution in [2.24, 2.45) is 0 Å². The molecule has 6 nitrogen and oxygen atoms in total. The Morgan fingerprint density at radius 3 is 2.85 bits per heavy atom. The van der Waals surface area contributed by atoms with Crippen molar-refractivity contribution in [3.63, 3.8) is 0 Å². The summed E-state index contributed by atoms with van der Waals surface area (Å²) in [4.78, 5) is 11.7. The van der Waals surface area contributed by atoms with Gasteiger partial charge in [-0.05, 0) is 26.3 Å². The molecule has 0 aliphatic carbocycles. The van der Waals surface area contributed by atoms with Gasteiger partial charge < -0.3 is 5.32 Å². The van der Waals surface area contributed by atoms with Crippen LogP contribution in [0.1, 0.15) is 33.6 Å². The number of nitrogens with zero attached hydrogens (tertiary/aromatic N) is 4. The minimum absolute atomic E-state index is 0.0766. The summed E-state index contributed by atoms with van der Waals surface area (Å²) in [5, 5.41) is 17.2. The zero-order valence-electron chi connectivity index (χ0n) is 12.0. The minimum atomic E-state index is -0.0766. The summed E-state index contributed by atoms with van der Waals surface area (Å²) in [6.07, 6.45) is 1.96. The van der Waals surface area contributed by atoms with Crippen LogP contribution in [0.2, 0.25) is 0 Å². The maximum absolute atomic E-state index is 11.7. The summed E-state index contributed by atoms with van der Waals surface area (Å²) in [6, 6.07) is 3.54. The Hall–Kier alpha value is -1.76. The smallest absolute Gasteiger partial charge is 0.266 e. The Kier molecular flexibility index (Phi) is 4.84. The monoisotopic (exact) mass is 293 g/mol. The van der Waals surface area contributed by atoms with E-state index < -0.39 is 0 Å². The van der Waals surface area contributed by atoms with Crippen molar-refractivity contribution in [2.75, 3.05) is 5.32 Å². The molecule has 0 unspecified atom stereocenters. The summed E-state index contributed by atoms with van der Waals surface area (Å²) in [5.41, 5.74) is 0.613. The molecule has 20 heavy (non-hydrogen) atoms. The van der Waals surface area contributed by atoms with Crippen LogP contribution in [0.25, 0.3) is 10.7 Å². The molecule has 2 aromatic heterocycles. The molecular weight excluding hydrogens is 274 g/mol. The van der Waals surface area contributed by atoms with Crippen LogP contribution in [-0.4, -0.2) is 26.0 Å². The zero-order chi connectivity index (χ0) is 14.5. The first-order chi connectivity index (χ1) is 9.60. The summed E-state index contributed by atoms with van der Waals surface area (Å²) >= 11 is 1.44. The van der Waals surface area contributed by atoms with Crippen LogP contribution < -0.4 is 10.9 Å². The molecule has 0 spiro atoms. The van der Waals surface area contributed by atoms with Crippen LogP contribution in [0.15, 0.2) is 16.9 Å². The molecule has 2 heterocycles. The van der Waals surface area contributed by atoms with Crippen molar-refractivity contribution in [2.45, 2.75) is 46.2 Å². The third-order valence-electron chi connectivity index (χ3n) is 2.65. The Bertz CT molecular complexity index is 619. The van der Waals surface area contributed by atoms with E-state index >= 15 is 0 Å². The molecule has 2 aromatic rings. The molecular formula is C13H19N5OS. The molecule has 0 fully saturated rings. The fraction of sp³-hybridized carbons (Fsp3) is 0.538. The van der Waals surface area contributed by atoms with Gasteiger partial charge in [-0.25, -0.2) is 4.68 Å². The van der Waals surface area contributed by atoms with Gasteiger partial charge in [-0.1, -0.05) is 24.7 Å². The molecule has 0 aromatic carbocycles. The number of unbranched alkanes of at least 4 members (excludes halogenated alkanes) is 1. The number of hydrogen-bond acceptors (Lipinski definition) is 6. The van der Waals surface area contributed by atoms with Crippen LogP contribution in [0, 0.1) is 0 Å². The van der Waals surface area contributed by atoms with Crippen LogP contribution in [-0.2, 0) is 6.54 Å². The average Bonchev–Trinajstić information content (AvgIpc) is 2.85. The molecule has 0 bridgehead atoms. The first-order valence-corrected chi connectivity index (χ1v) is 7.60. The quantitative estimate of drug-likeness (QED) is 0.885. The van der Waals surface area contributed by atoms with Gasteiger partial charge in [0.05, 0.1) is 0 Å². The van der Waals surface area contributed by atoms with Crippen LogP contribution >= 0.6 is 11.3 Å². The van der Waals surface area contributed by atoms with E-state index in [1.165, 1.54) is 22.1 Å². The third kappa shape index (κ3) is 3.63. The summed E-state index contributed by atoms with van der Waals surface area (Å²) in [6.45, 7) is 6.82. The number of nitrogens with one attached hydrogen (secondary N) is 1. The predicted octanol–water partition coefficient (Wildman–Crippen LogP) is 2.38. The van der Waals surface area contributed by atoms with E-state index in [1.54, 1.807) is 6.07 Å². The molecule has 2 rings (SSSR count). The molecule has 0 saturated heterocycles. The second-order valence-corrected chi connectivity index (χ2v) is 5.82. The van der Waals surface area contributed by atoms with Gasteiger partial charge in [0, 0.05) is 18.7 Å². The van der Waals surface area contributed by atoms with E-state index in [2.05, 4.69) is 27.5 Å². The summed E-state index contributed by atoms with van der Waals surface area (Å²) in [7, 11) is 0. The van der Waals surface area contributed by atoms with Gasteiger partial charge in [-0.15, -0.1) is 10.2 Å². The SMILES string of the molecule is CCCCn1nc(-c2nnc(NC(C)C)s2)ccc1=O. The van der Waals surface area contributed by atoms with E-state index in [-0.39, 0.29) is 5.56 Å². The summed E-state index contributed by atoms with van der Waals surface area (Å²) in [5.74, 6) is 0. The largest absolute Gasteiger partial charge is 0.358 e. The maximum atomic E-state index is 11.7. The van der Waals surface area contributed by atoms with E-state index in [1.807, 2.05) is 13.8 Å². The lowest BCUT2D eigenvalue weighted by atomic mass is 10.3. The van der Waals surface area contributed by atoms with Gasteiger partial charge in [0.15, 0.2) is 5.01 Å².